The van der Waals surface area contributed by atoms with E-state index >= 15 is 0 Å². The monoisotopic (exact) mass is 294 g/mol. The van der Waals surface area contributed by atoms with Gasteiger partial charge in [0.25, 0.3) is 11.6 Å². The number of halogens is 1. The Bertz CT molecular complexity index is 642. The number of non-ortho nitro benzene ring substituents is 1. The van der Waals surface area contributed by atoms with E-state index in [-0.39, 0.29) is 17.1 Å². The van der Waals surface area contributed by atoms with E-state index in [9.17, 15) is 14.5 Å². The fourth-order valence-electron chi connectivity index (χ4n) is 1.72. The van der Waals surface area contributed by atoms with Crippen LogP contribution >= 0.6 is 0 Å². The standard InChI is InChI=1S/C13H15FN4O3/c1-8(2)15-6-5-12-16-17-13(21-12)10-4-3-9(18(19)20)7-11(10)14/h3-4,7-8,15H,5-6H2,1-2H3. The van der Waals surface area contributed by atoms with Gasteiger partial charge in [0.2, 0.25) is 5.89 Å². The molecule has 0 aliphatic carbocycles. The number of aromatic nitrogens is 2. The third kappa shape index (κ3) is 3.82. The normalized spacial score (nSPS) is 11.0. The predicted octanol–water partition coefficient (Wildman–Crippen LogP) is 2.32. The maximum atomic E-state index is 13.8. The predicted molar refractivity (Wildman–Crippen MR) is 73.2 cm³/mol. The van der Waals surface area contributed by atoms with Crippen LogP contribution in [0.15, 0.2) is 22.6 Å². The molecule has 0 amide bonds. The van der Waals surface area contributed by atoms with Crippen LogP contribution in [0.5, 0.6) is 0 Å². The molecule has 0 bridgehead atoms. The smallest absolute Gasteiger partial charge is 0.272 e. The highest BCUT2D eigenvalue weighted by atomic mass is 19.1. The summed E-state index contributed by atoms with van der Waals surface area (Å²) in [6, 6.07) is 3.64. The molecule has 0 spiro atoms. The molecule has 0 unspecified atom stereocenters. The van der Waals surface area contributed by atoms with Crippen LogP contribution in [0.25, 0.3) is 11.5 Å². The third-order valence-electron chi connectivity index (χ3n) is 2.75. The highest BCUT2D eigenvalue weighted by molar-refractivity contribution is 5.56. The molecular formula is C13H15FN4O3. The number of hydrogen-bond acceptors (Lipinski definition) is 6. The highest BCUT2D eigenvalue weighted by Crippen LogP contribution is 2.25. The van der Waals surface area contributed by atoms with Crippen molar-refractivity contribution < 1.29 is 13.7 Å². The van der Waals surface area contributed by atoms with Gasteiger partial charge in [-0.15, -0.1) is 10.2 Å². The molecule has 0 aliphatic heterocycles. The average molecular weight is 294 g/mol. The largest absolute Gasteiger partial charge is 0.421 e. The van der Waals surface area contributed by atoms with Crippen molar-refractivity contribution in [1.82, 2.24) is 15.5 Å². The summed E-state index contributed by atoms with van der Waals surface area (Å²) in [6.45, 7) is 4.71. The van der Waals surface area contributed by atoms with Crippen molar-refractivity contribution in [3.63, 3.8) is 0 Å². The van der Waals surface area contributed by atoms with Crippen LogP contribution in [0.3, 0.4) is 0 Å². The van der Waals surface area contributed by atoms with E-state index in [1.807, 2.05) is 13.8 Å². The summed E-state index contributed by atoms with van der Waals surface area (Å²) in [4.78, 5) is 9.90. The number of hydrogen-bond donors (Lipinski definition) is 1. The van der Waals surface area contributed by atoms with Gasteiger partial charge < -0.3 is 9.73 Å². The number of nitro benzene ring substituents is 1. The molecule has 0 atom stereocenters. The van der Waals surface area contributed by atoms with Crippen molar-refractivity contribution in [3.8, 4) is 11.5 Å². The van der Waals surface area contributed by atoms with Crippen molar-refractivity contribution in [1.29, 1.82) is 0 Å². The Morgan fingerprint density at radius 2 is 2.19 bits per heavy atom. The van der Waals surface area contributed by atoms with E-state index in [0.29, 0.717) is 24.9 Å². The molecule has 0 radical (unpaired) electrons. The quantitative estimate of drug-likeness (QED) is 0.649. The van der Waals surface area contributed by atoms with E-state index in [4.69, 9.17) is 4.42 Å². The summed E-state index contributed by atoms with van der Waals surface area (Å²) in [5, 5.41) is 21.4. The zero-order chi connectivity index (χ0) is 15.4. The molecule has 0 saturated carbocycles. The van der Waals surface area contributed by atoms with Gasteiger partial charge in [0, 0.05) is 25.1 Å². The van der Waals surface area contributed by atoms with Gasteiger partial charge in [-0.25, -0.2) is 4.39 Å². The summed E-state index contributed by atoms with van der Waals surface area (Å²) in [6.07, 6.45) is 0.528. The third-order valence-corrected chi connectivity index (χ3v) is 2.75. The molecule has 1 aromatic carbocycles. The van der Waals surface area contributed by atoms with Gasteiger partial charge in [0.1, 0.15) is 5.82 Å². The summed E-state index contributed by atoms with van der Waals surface area (Å²) in [7, 11) is 0. The summed E-state index contributed by atoms with van der Waals surface area (Å²) >= 11 is 0. The molecule has 1 aromatic heterocycles. The first-order valence-electron chi connectivity index (χ1n) is 6.47. The minimum Gasteiger partial charge on any atom is -0.421 e. The first-order valence-corrected chi connectivity index (χ1v) is 6.47. The van der Waals surface area contributed by atoms with Crippen LogP contribution < -0.4 is 5.32 Å². The summed E-state index contributed by atoms with van der Waals surface area (Å²) < 4.78 is 19.2. The van der Waals surface area contributed by atoms with Gasteiger partial charge in [-0.05, 0) is 6.07 Å². The number of nitro groups is 1. The number of nitrogens with zero attached hydrogens (tertiary/aromatic N) is 3. The Morgan fingerprint density at radius 1 is 1.43 bits per heavy atom. The molecule has 8 heteroatoms. The van der Waals surface area contributed by atoms with Crippen molar-refractivity contribution in [2.45, 2.75) is 26.3 Å². The van der Waals surface area contributed by atoms with Crippen LogP contribution in [-0.2, 0) is 6.42 Å². The fourth-order valence-corrected chi connectivity index (χ4v) is 1.72. The van der Waals surface area contributed by atoms with E-state index in [1.54, 1.807) is 0 Å². The molecule has 21 heavy (non-hydrogen) atoms. The topological polar surface area (TPSA) is 94.1 Å². The maximum absolute atomic E-state index is 13.8. The minimum atomic E-state index is -0.764. The Morgan fingerprint density at radius 3 is 2.81 bits per heavy atom. The molecule has 0 fully saturated rings. The lowest BCUT2D eigenvalue weighted by Crippen LogP contribution is -2.25. The first-order chi connectivity index (χ1) is 9.97. The first kappa shape index (κ1) is 15.0. The zero-order valence-corrected chi connectivity index (χ0v) is 11.7. The SMILES string of the molecule is CC(C)NCCc1nnc(-c2ccc([N+](=O)[O-])cc2F)o1. The van der Waals surface area contributed by atoms with E-state index in [0.717, 1.165) is 6.07 Å². The van der Waals surface area contributed by atoms with Crippen molar-refractivity contribution in [2.24, 2.45) is 0 Å². The highest BCUT2D eigenvalue weighted by Gasteiger charge is 2.16. The van der Waals surface area contributed by atoms with E-state index < -0.39 is 10.7 Å². The molecule has 7 nitrogen and oxygen atoms in total. The van der Waals surface area contributed by atoms with Gasteiger partial charge >= 0.3 is 0 Å². The molecule has 112 valence electrons. The van der Waals surface area contributed by atoms with E-state index in [2.05, 4.69) is 15.5 Å². The molecule has 1 N–H and O–H groups in total. The molecule has 2 aromatic rings. The van der Waals surface area contributed by atoms with Crippen LogP contribution in [-0.4, -0.2) is 27.7 Å². The van der Waals surface area contributed by atoms with Gasteiger partial charge in [-0.1, -0.05) is 13.8 Å². The molecule has 1 heterocycles. The van der Waals surface area contributed by atoms with Crippen LogP contribution in [0, 0.1) is 15.9 Å². The Kier molecular flexibility index (Phi) is 4.59. The van der Waals surface area contributed by atoms with E-state index in [1.165, 1.54) is 12.1 Å². The Balaban J connectivity index is 2.12. The molecule has 0 saturated heterocycles. The van der Waals surface area contributed by atoms with Gasteiger partial charge in [0.05, 0.1) is 16.6 Å². The van der Waals surface area contributed by atoms with Crippen molar-refractivity contribution in [3.05, 3.63) is 40.0 Å². The second-order valence-corrected chi connectivity index (χ2v) is 4.78. The van der Waals surface area contributed by atoms with Crippen LogP contribution in [0.1, 0.15) is 19.7 Å². The van der Waals surface area contributed by atoms with Crippen molar-refractivity contribution in [2.75, 3.05) is 6.54 Å². The number of rotatable bonds is 6. The Labute approximate surface area is 120 Å². The molecule has 0 aliphatic rings. The van der Waals surface area contributed by atoms with Gasteiger partial charge in [-0.3, -0.25) is 10.1 Å². The zero-order valence-electron chi connectivity index (χ0n) is 11.7. The van der Waals surface area contributed by atoms with Crippen LogP contribution in [0.4, 0.5) is 10.1 Å². The second kappa shape index (κ2) is 6.40. The Hall–Kier alpha value is -2.35. The van der Waals surface area contributed by atoms with Crippen LogP contribution in [0.2, 0.25) is 0 Å². The lowest BCUT2D eigenvalue weighted by Gasteiger charge is -2.04. The fraction of sp³-hybridized carbons (Fsp3) is 0.385. The van der Waals surface area contributed by atoms with Crippen molar-refractivity contribution >= 4 is 5.69 Å². The summed E-state index contributed by atoms with van der Waals surface area (Å²) in [5.74, 6) is -0.363. The minimum absolute atomic E-state index is 0.0157. The second-order valence-electron chi connectivity index (χ2n) is 4.78. The molecular weight excluding hydrogens is 279 g/mol. The maximum Gasteiger partial charge on any atom is 0.272 e. The molecule has 2 rings (SSSR count). The number of nitrogens with one attached hydrogen (secondary N) is 1. The van der Waals surface area contributed by atoms with Gasteiger partial charge in [0.15, 0.2) is 0 Å². The number of benzene rings is 1. The lowest BCUT2D eigenvalue weighted by atomic mass is 10.2. The lowest BCUT2D eigenvalue weighted by molar-refractivity contribution is -0.385. The summed E-state index contributed by atoms with van der Waals surface area (Å²) in [5.41, 5.74) is -0.270. The van der Waals surface area contributed by atoms with Gasteiger partial charge in [-0.2, -0.15) is 0 Å². The average Bonchev–Trinajstić information content (AvgIpc) is 2.86.